The number of rotatable bonds is 6. The van der Waals surface area contributed by atoms with Crippen LogP contribution < -0.4 is 11.1 Å². The van der Waals surface area contributed by atoms with Crippen molar-refractivity contribution in [2.75, 3.05) is 11.9 Å². The van der Waals surface area contributed by atoms with E-state index in [2.05, 4.69) is 12.2 Å². The Bertz CT molecular complexity index is 565. The van der Waals surface area contributed by atoms with Crippen LogP contribution in [0.3, 0.4) is 0 Å². The number of anilines is 1. The Balaban J connectivity index is 0.000000235. The Morgan fingerprint density at radius 1 is 1.33 bits per heavy atom. The maximum Gasteiger partial charge on any atom is 0.338 e. The second kappa shape index (κ2) is 9.15. The third-order valence-electron chi connectivity index (χ3n) is 2.52. The first kappa shape index (κ1) is 17.2. The summed E-state index contributed by atoms with van der Waals surface area (Å²) in [4.78, 5) is 21.0. The van der Waals surface area contributed by atoms with Crippen molar-refractivity contribution in [3.8, 4) is 0 Å². The molecule has 2 rings (SSSR count). The number of amides is 1. The van der Waals surface area contributed by atoms with E-state index in [-0.39, 0.29) is 5.91 Å². The third kappa shape index (κ3) is 5.97. The van der Waals surface area contributed by atoms with Gasteiger partial charge >= 0.3 is 5.97 Å². The summed E-state index contributed by atoms with van der Waals surface area (Å²) >= 11 is 2.90. The molecule has 0 aliphatic carbocycles. The van der Waals surface area contributed by atoms with E-state index in [0.29, 0.717) is 11.1 Å². The van der Waals surface area contributed by atoms with Gasteiger partial charge in [-0.1, -0.05) is 13.3 Å². The van der Waals surface area contributed by atoms with Gasteiger partial charge in [-0.3, -0.25) is 4.79 Å². The fraction of sp³-hybridized carbons (Fsp3) is 0.286. The normalized spacial score (nSPS) is 9.57. The minimum Gasteiger partial charge on any atom is -0.478 e. The summed E-state index contributed by atoms with van der Waals surface area (Å²) in [6.07, 6.45) is 2.18. The summed E-state index contributed by atoms with van der Waals surface area (Å²) < 4.78 is 0. The van der Waals surface area contributed by atoms with Crippen LogP contribution in [0.1, 0.15) is 40.5 Å². The zero-order valence-electron chi connectivity index (χ0n) is 11.7. The molecule has 0 atom stereocenters. The minimum absolute atomic E-state index is 0.355. The average Bonchev–Trinajstić information content (AvgIpc) is 3.11. The van der Waals surface area contributed by atoms with Crippen molar-refractivity contribution in [2.24, 2.45) is 5.73 Å². The first-order chi connectivity index (χ1) is 10.1. The van der Waals surface area contributed by atoms with E-state index in [1.165, 1.54) is 22.7 Å². The number of carboxylic acid groups (broad SMARTS) is 1. The number of unbranched alkanes of at least 4 members (excludes halogenated alkanes) is 1. The number of carbonyl (C=O) groups excluding carboxylic acids is 1. The fourth-order valence-electron chi connectivity index (χ4n) is 1.40. The topological polar surface area (TPSA) is 92.4 Å². The Morgan fingerprint density at radius 2 is 2.10 bits per heavy atom. The summed E-state index contributed by atoms with van der Waals surface area (Å²) in [5.41, 5.74) is 5.89. The Hall–Kier alpha value is -1.86. The smallest absolute Gasteiger partial charge is 0.338 e. The van der Waals surface area contributed by atoms with E-state index in [1.54, 1.807) is 22.9 Å². The van der Waals surface area contributed by atoms with Crippen LogP contribution in [0, 0.1) is 0 Å². The average molecular weight is 326 g/mol. The lowest BCUT2D eigenvalue weighted by Crippen LogP contribution is -2.08. The largest absolute Gasteiger partial charge is 0.478 e. The van der Waals surface area contributed by atoms with Crippen LogP contribution in [-0.4, -0.2) is 23.5 Å². The summed E-state index contributed by atoms with van der Waals surface area (Å²) in [5, 5.41) is 18.0. The summed E-state index contributed by atoms with van der Waals surface area (Å²) in [5.74, 6) is -1.22. The number of primary amides is 1. The maximum atomic E-state index is 10.7. The first-order valence-corrected chi connectivity index (χ1v) is 8.25. The molecule has 0 unspecified atom stereocenters. The van der Waals surface area contributed by atoms with Gasteiger partial charge in [-0.25, -0.2) is 4.79 Å². The number of hydrogen-bond donors (Lipinski definition) is 3. The summed E-state index contributed by atoms with van der Waals surface area (Å²) in [6.45, 7) is 2.95. The Morgan fingerprint density at radius 3 is 2.57 bits per heavy atom. The van der Waals surface area contributed by atoms with Crippen LogP contribution in [0.2, 0.25) is 0 Å². The molecule has 114 valence electrons. The van der Waals surface area contributed by atoms with Crippen LogP contribution in [0.5, 0.6) is 0 Å². The molecule has 1 amide bonds. The highest BCUT2D eigenvalue weighted by molar-refractivity contribution is 7.14. The van der Waals surface area contributed by atoms with Gasteiger partial charge in [0, 0.05) is 17.5 Å². The van der Waals surface area contributed by atoms with Crippen molar-refractivity contribution in [3.63, 3.8) is 0 Å². The highest BCUT2D eigenvalue weighted by Crippen LogP contribution is 2.22. The molecule has 0 bridgehead atoms. The standard InChI is InChI=1S/C9H13NO2S.C5H5NOS/c1-2-3-5-10-8-7(9(11)12)4-6-13-8;6-5(7)4-1-2-8-3-4/h4,6,10H,2-3,5H2,1H3,(H,11,12);1-3H,(H2,6,7). The van der Waals surface area contributed by atoms with Crippen LogP contribution in [0.4, 0.5) is 5.00 Å². The molecule has 4 N–H and O–H groups in total. The van der Waals surface area contributed by atoms with E-state index in [1.807, 2.05) is 5.38 Å². The second-order valence-corrected chi connectivity index (χ2v) is 5.82. The van der Waals surface area contributed by atoms with Gasteiger partial charge in [0.15, 0.2) is 0 Å². The minimum atomic E-state index is -0.861. The monoisotopic (exact) mass is 326 g/mol. The number of carbonyl (C=O) groups is 2. The van der Waals surface area contributed by atoms with Gasteiger partial charge in [-0.15, -0.1) is 11.3 Å². The van der Waals surface area contributed by atoms with Crippen molar-refractivity contribution >= 4 is 39.6 Å². The molecule has 7 heteroatoms. The second-order valence-electron chi connectivity index (χ2n) is 4.13. The fourth-order valence-corrected chi connectivity index (χ4v) is 2.85. The van der Waals surface area contributed by atoms with Gasteiger partial charge in [-0.2, -0.15) is 11.3 Å². The number of aromatic carboxylic acids is 1. The number of hydrogen-bond acceptors (Lipinski definition) is 5. The Kier molecular flexibility index (Phi) is 7.49. The van der Waals surface area contributed by atoms with Crippen LogP contribution in [-0.2, 0) is 0 Å². The van der Waals surface area contributed by atoms with Crippen molar-refractivity contribution in [3.05, 3.63) is 39.4 Å². The van der Waals surface area contributed by atoms with E-state index in [4.69, 9.17) is 10.8 Å². The van der Waals surface area contributed by atoms with Crippen molar-refractivity contribution in [1.29, 1.82) is 0 Å². The van der Waals surface area contributed by atoms with Crippen molar-refractivity contribution in [1.82, 2.24) is 0 Å². The van der Waals surface area contributed by atoms with Crippen LogP contribution in [0.25, 0.3) is 0 Å². The molecular formula is C14H18N2O3S2. The van der Waals surface area contributed by atoms with Crippen molar-refractivity contribution in [2.45, 2.75) is 19.8 Å². The Labute approximate surface area is 131 Å². The molecule has 0 spiro atoms. The molecule has 0 saturated carbocycles. The molecule has 2 aromatic heterocycles. The molecule has 0 aliphatic heterocycles. The van der Waals surface area contributed by atoms with Gasteiger partial charge < -0.3 is 16.2 Å². The van der Waals surface area contributed by atoms with Crippen LogP contribution >= 0.6 is 22.7 Å². The summed E-state index contributed by atoms with van der Waals surface area (Å²) in [7, 11) is 0. The van der Waals surface area contributed by atoms with E-state index < -0.39 is 5.97 Å². The van der Waals surface area contributed by atoms with E-state index in [9.17, 15) is 9.59 Å². The summed E-state index contributed by atoms with van der Waals surface area (Å²) in [6, 6.07) is 3.33. The third-order valence-corrected chi connectivity index (χ3v) is 4.07. The quantitative estimate of drug-likeness (QED) is 0.708. The van der Waals surface area contributed by atoms with Gasteiger partial charge in [0.2, 0.25) is 5.91 Å². The van der Waals surface area contributed by atoms with E-state index in [0.717, 1.165) is 24.4 Å². The lowest BCUT2D eigenvalue weighted by atomic mass is 10.3. The lowest BCUT2D eigenvalue weighted by Gasteiger charge is -2.02. The molecule has 0 fully saturated rings. The van der Waals surface area contributed by atoms with Crippen molar-refractivity contribution < 1.29 is 14.7 Å². The number of carboxylic acids is 1. The molecule has 0 saturated heterocycles. The molecule has 2 heterocycles. The SMILES string of the molecule is CCCCNc1sccc1C(=O)O.NC(=O)c1ccsc1. The number of nitrogens with two attached hydrogens (primary N) is 1. The molecule has 5 nitrogen and oxygen atoms in total. The van der Waals surface area contributed by atoms with Gasteiger partial charge in [0.25, 0.3) is 0 Å². The van der Waals surface area contributed by atoms with Gasteiger partial charge in [0.05, 0.1) is 5.56 Å². The number of nitrogens with one attached hydrogen (secondary N) is 1. The highest BCUT2D eigenvalue weighted by Gasteiger charge is 2.09. The molecule has 21 heavy (non-hydrogen) atoms. The van der Waals surface area contributed by atoms with Gasteiger partial charge in [-0.05, 0) is 29.3 Å². The molecular weight excluding hydrogens is 308 g/mol. The molecule has 2 aromatic rings. The predicted molar refractivity (Wildman–Crippen MR) is 87.5 cm³/mol. The zero-order chi connectivity index (χ0) is 15.7. The number of thiophene rings is 2. The molecule has 0 radical (unpaired) electrons. The first-order valence-electron chi connectivity index (χ1n) is 6.43. The predicted octanol–water partition coefficient (Wildman–Crippen LogP) is 3.51. The van der Waals surface area contributed by atoms with Crippen LogP contribution in [0.15, 0.2) is 28.3 Å². The highest BCUT2D eigenvalue weighted by atomic mass is 32.1. The van der Waals surface area contributed by atoms with Gasteiger partial charge in [0.1, 0.15) is 5.00 Å². The molecule has 0 aliphatic rings. The lowest BCUT2D eigenvalue weighted by molar-refractivity contribution is 0.0698. The maximum absolute atomic E-state index is 10.7. The van der Waals surface area contributed by atoms with E-state index >= 15 is 0 Å². The zero-order valence-corrected chi connectivity index (χ0v) is 13.3. The molecule has 0 aromatic carbocycles.